The fourth-order valence-corrected chi connectivity index (χ4v) is 1.99. The van der Waals surface area contributed by atoms with Crippen molar-refractivity contribution >= 4 is 11.7 Å². The lowest BCUT2D eigenvalue weighted by atomic mass is 9.96. The van der Waals surface area contributed by atoms with E-state index in [1.54, 1.807) is 4.90 Å². The van der Waals surface area contributed by atoms with Crippen LogP contribution in [0.2, 0.25) is 0 Å². The van der Waals surface area contributed by atoms with Crippen molar-refractivity contribution in [1.82, 2.24) is 0 Å². The van der Waals surface area contributed by atoms with Crippen LogP contribution in [-0.4, -0.2) is 34.9 Å². The predicted octanol–water partition coefficient (Wildman–Crippen LogP) is 2.44. The number of rotatable bonds is 7. The van der Waals surface area contributed by atoms with Gasteiger partial charge in [0.05, 0.1) is 5.60 Å². The summed E-state index contributed by atoms with van der Waals surface area (Å²) in [4.78, 5) is 12.7. The van der Waals surface area contributed by atoms with Crippen LogP contribution in [0.25, 0.3) is 0 Å². The second-order valence-electron chi connectivity index (χ2n) is 5.02. The highest BCUT2D eigenvalue weighted by molar-refractivity contribution is 5.73. The highest BCUT2D eigenvalue weighted by atomic mass is 16.4. The molecule has 2 N–H and O–H groups in total. The molecule has 0 aromatic heterocycles. The number of benzene rings is 1. The average Bonchev–Trinajstić information content (AvgIpc) is 2.38. The van der Waals surface area contributed by atoms with Gasteiger partial charge in [0.25, 0.3) is 0 Å². The van der Waals surface area contributed by atoms with Gasteiger partial charge in [0.2, 0.25) is 0 Å². The lowest BCUT2D eigenvalue weighted by Crippen LogP contribution is -2.44. The van der Waals surface area contributed by atoms with Crippen LogP contribution >= 0.6 is 0 Å². The van der Waals surface area contributed by atoms with E-state index in [1.165, 1.54) is 0 Å². The zero-order valence-corrected chi connectivity index (χ0v) is 11.9. The zero-order valence-electron chi connectivity index (χ0n) is 11.9. The molecule has 0 atom stereocenters. The minimum absolute atomic E-state index is 0.106. The minimum Gasteiger partial charge on any atom is -0.480 e. The fraction of sp³-hybridized carbons (Fsp3) is 0.533. The van der Waals surface area contributed by atoms with E-state index < -0.39 is 11.6 Å². The molecule has 4 nitrogen and oxygen atoms in total. The Morgan fingerprint density at radius 2 is 1.74 bits per heavy atom. The molecule has 0 radical (unpaired) electrons. The largest absolute Gasteiger partial charge is 0.480 e. The van der Waals surface area contributed by atoms with E-state index in [0.29, 0.717) is 19.4 Å². The third kappa shape index (κ3) is 4.56. The summed E-state index contributed by atoms with van der Waals surface area (Å²) in [6.07, 6.45) is 1.21. The molecule has 0 aliphatic rings. The Kier molecular flexibility index (Phi) is 5.36. The van der Waals surface area contributed by atoms with Crippen molar-refractivity contribution in [1.29, 1.82) is 0 Å². The quantitative estimate of drug-likeness (QED) is 0.795. The maximum atomic E-state index is 11.0. The van der Waals surface area contributed by atoms with Crippen molar-refractivity contribution in [2.45, 2.75) is 39.2 Å². The number of anilines is 1. The van der Waals surface area contributed by atoms with Crippen molar-refractivity contribution in [2.24, 2.45) is 0 Å². The summed E-state index contributed by atoms with van der Waals surface area (Å²) in [5, 5.41) is 19.4. The first-order valence-electron chi connectivity index (χ1n) is 6.66. The molecule has 0 amide bonds. The van der Waals surface area contributed by atoms with Crippen molar-refractivity contribution < 1.29 is 15.0 Å². The Balaban J connectivity index is 2.94. The summed E-state index contributed by atoms with van der Waals surface area (Å²) in [5.41, 5.74) is 1.11. The van der Waals surface area contributed by atoms with Crippen LogP contribution in [0.3, 0.4) is 0 Å². The highest BCUT2D eigenvalue weighted by Gasteiger charge is 2.26. The lowest BCUT2D eigenvalue weighted by molar-refractivity contribution is -0.135. The molecule has 4 heteroatoms. The second-order valence-corrected chi connectivity index (χ2v) is 5.02. The first-order valence-corrected chi connectivity index (χ1v) is 6.66. The van der Waals surface area contributed by atoms with E-state index in [2.05, 4.69) is 0 Å². The van der Waals surface area contributed by atoms with Crippen LogP contribution in [0.15, 0.2) is 24.3 Å². The number of carbonyl (C=O) groups is 1. The topological polar surface area (TPSA) is 60.8 Å². The van der Waals surface area contributed by atoms with Gasteiger partial charge in [0.15, 0.2) is 0 Å². The zero-order chi connectivity index (χ0) is 14.5. The van der Waals surface area contributed by atoms with Gasteiger partial charge in [-0.15, -0.1) is 0 Å². The van der Waals surface area contributed by atoms with Crippen molar-refractivity contribution in [3.63, 3.8) is 0 Å². The van der Waals surface area contributed by atoms with Gasteiger partial charge in [-0.25, -0.2) is 0 Å². The number of nitrogens with zero attached hydrogens (tertiary/aromatic N) is 1. The van der Waals surface area contributed by atoms with E-state index in [-0.39, 0.29) is 6.54 Å². The molecular weight excluding hydrogens is 242 g/mol. The normalized spacial score (nSPS) is 11.4. The van der Waals surface area contributed by atoms with Crippen LogP contribution in [-0.2, 0) is 4.79 Å². The Labute approximate surface area is 114 Å². The van der Waals surface area contributed by atoms with Gasteiger partial charge < -0.3 is 15.1 Å². The van der Waals surface area contributed by atoms with Crippen LogP contribution in [0.4, 0.5) is 5.69 Å². The first-order chi connectivity index (χ1) is 8.90. The van der Waals surface area contributed by atoms with Gasteiger partial charge in [-0.1, -0.05) is 31.5 Å². The van der Waals surface area contributed by atoms with Gasteiger partial charge >= 0.3 is 5.97 Å². The van der Waals surface area contributed by atoms with E-state index in [4.69, 9.17) is 5.11 Å². The molecular formula is C15H23NO3. The molecule has 0 aliphatic heterocycles. The van der Waals surface area contributed by atoms with E-state index in [0.717, 1.165) is 11.3 Å². The highest BCUT2D eigenvalue weighted by Crippen LogP contribution is 2.22. The molecule has 0 spiro atoms. The van der Waals surface area contributed by atoms with Crippen LogP contribution < -0.4 is 4.90 Å². The summed E-state index contributed by atoms with van der Waals surface area (Å²) in [5.74, 6) is -0.893. The van der Waals surface area contributed by atoms with Crippen LogP contribution in [0, 0.1) is 6.92 Å². The fourth-order valence-electron chi connectivity index (χ4n) is 1.99. The van der Waals surface area contributed by atoms with E-state index in [9.17, 15) is 9.90 Å². The lowest BCUT2D eigenvalue weighted by Gasteiger charge is -2.33. The number of aliphatic carboxylic acids is 1. The Morgan fingerprint density at radius 3 is 2.16 bits per heavy atom. The predicted molar refractivity (Wildman–Crippen MR) is 76.6 cm³/mol. The monoisotopic (exact) mass is 265 g/mol. The molecule has 0 heterocycles. The molecule has 19 heavy (non-hydrogen) atoms. The Morgan fingerprint density at radius 1 is 1.21 bits per heavy atom. The summed E-state index contributed by atoms with van der Waals surface area (Å²) in [6.45, 7) is 6.04. The smallest absolute Gasteiger partial charge is 0.323 e. The summed E-state index contributed by atoms with van der Waals surface area (Å²) >= 11 is 0. The number of aryl methyl sites for hydroxylation is 1. The molecule has 1 aromatic carbocycles. The summed E-state index contributed by atoms with van der Waals surface area (Å²) in [7, 11) is 0. The van der Waals surface area contributed by atoms with Gasteiger partial charge in [-0.2, -0.15) is 0 Å². The van der Waals surface area contributed by atoms with Gasteiger partial charge in [-0.3, -0.25) is 4.79 Å². The summed E-state index contributed by atoms with van der Waals surface area (Å²) in [6, 6.07) is 7.68. The number of carboxylic acid groups (broad SMARTS) is 1. The van der Waals surface area contributed by atoms with Crippen LogP contribution in [0.1, 0.15) is 32.3 Å². The maximum absolute atomic E-state index is 11.0. The molecule has 0 aliphatic carbocycles. The molecule has 0 fully saturated rings. The van der Waals surface area contributed by atoms with Gasteiger partial charge in [0.1, 0.15) is 6.54 Å². The van der Waals surface area contributed by atoms with Crippen molar-refractivity contribution in [3.05, 3.63) is 29.8 Å². The number of aliphatic hydroxyl groups is 1. The Hall–Kier alpha value is -1.55. The van der Waals surface area contributed by atoms with E-state index in [1.807, 2.05) is 45.0 Å². The molecule has 1 rings (SSSR count). The molecule has 1 aromatic rings. The van der Waals surface area contributed by atoms with Crippen molar-refractivity contribution in [2.75, 3.05) is 18.0 Å². The number of hydrogen-bond acceptors (Lipinski definition) is 3. The Bertz CT molecular complexity index is 410. The molecule has 0 unspecified atom stereocenters. The third-order valence-electron chi connectivity index (χ3n) is 3.53. The first kappa shape index (κ1) is 15.5. The van der Waals surface area contributed by atoms with Gasteiger partial charge in [0, 0.05) is 12.2 Å². The summed E-state index contributed by atoms with van der Waals surface area (Å²) < 4.78 is 0. The number of carboxylic acids is 1. The van der Waals surface area contributed by atoms with Crippen molar-refractivity contribution in [3.8, 4) is 0 Å². The molecule has 0 saturated carbocycles. The molecule has 0 saturated heterocycles. The standard InChI is InChI=1S/C15H23NO3/c1-4-15(19,5-2)11-16(10-14(17)18)13-8-6-12(3)7-9-13/h6-9,19H,4-5,10-11H2,1-3H3,(H,17,18). The van der Waals surface area contributed by atoms with Crippen LogP contribution in [0.5, 0.6) is 0 Å². The minimum atomic E-state index is -0.893. The maximum Gasteiger partial charge on any atom is 0.323 e. The van der Waals surface area contributed by atoms with E-state index >= 15 is 0 Å². The molecule has 106 valence electrons. The SMILES string of the molecule is CCC(O)(CC)CN(CC(=O)O)c1ccc(C)cc1. The second kappa shape index (κ2) is 6.57. The number of hydrogen-bond donors (Lipinski definition) is 2. The average molecular weight is 265 g/mol. The molecule has 0 bridgehead atoms. The third-order valence-corrected chi connectivity index (χ3v) is 3.53. The van der Waals surface area contributed by atoms with Gasteiger partial charge in [-0.05, 0) is 31.9 Å².